The molecule has 1 spiro atoms. The number of hydrogen-bond donors (Lipinski definition) is 1. The molecule has 3 atom stereocenters. The van der Waals surface area contributed by atoms with Crippen LogP contribution in [0.4, 0.5) is 14.6 Å². The number of rotatable bonds is 4. The van der Waals surface area contributed by atoms with Crippen molar-refractivity contribution in [3.05, 3.63) is 42.0 Å². The first kappa shape index (κ1) is 22.8. The highest BCUT2D eigenvalue weighted by Crippen LogP contribution is 2.53. The van der Waals surface area contributed by atoms with Gasteiger partial charge in [-0.2, -0.15) is 0 Å². The van der Waals surface area contributed by atoms with Gasteiger partial charge < -0.3 is 14.8 Å². The zero-order chi connectivity index (χ0) is 24.4. The average molecular weight is 484 g/mol. The van der Waals surface area contributed by atoms with Gasteiger partial charge in [0.15, 0.2) is 11.6 Å². The van der Waals surface area contributed by atoms with Crippen LogP contribution in [0.5, 0.6) is 0 Å². The molecule has 9 heteroatoms. The normalized spacial score (nSPS) is 27.1. The number of nitrogens with one attached hydrogen (secondary N) is 1. The second kappa shape index (κ2) is 8.20. The smallest absolute Gasteiger partial charge is 0.296 e. The number of anilines is 1. The minimum absolute atomic E-state index is 0.0698. The van der Waals surface area contributed by atoms with Crippen molar-refractivity contribution in [1.29, 1.82) is 0 Å². The van der Waals surface area contributed by atoms with Crippen molar-refractivity contribution in [2.75, 3.05) is 18.5 Å². The fraction of sp³-hybridized carbons (Fsp3) is 0.577. The van der Waals surface area contributed by atoms with Crippen LogP contribution in [0.3, 0.4) is 0 Å². The largest absolute Gasteiger partial charge is 0.367 e. The van der Waals surface area contributed by atoms with Gasteiger partial charge in [-0.05, 0) is 43.7 Å². The van der Waals surface area contributed by atoms with Gasteiger partial charge in [-0.15, -0.1) is 0 Å². The van der Waals surface area contributed by atoms with Crippen molar-refractivity contribution in [2.45, 2.75) is 64.7 Å². The number of halogens is 2. The quantitative estimate of drug-likeness (QED) is 0.533. The van der Waals surface area contributed by atoms with E-state index >= 15 is 0 Å². The number of aromatic nitrogens is 4. The third-order valence-electron chi connectivity index (χ3n) is 7.63. The Morgan fingerprint density at radius 3 is 2.40 bits per heavy atom. The van der Waals surface area contributed by atoms with E-state index in [2.05, 4.69) is 34.1 Å². The van der Waals surface area contributed by atoms with Gasteiger partial charge in [0.05, 0.1) is 24.2 Å². The summed E-state index contributed by atoms with van der Waals surface area (Å²) in [7, 11) is 0. The Hall–Kier alpha value is -2.65. The first-order valence-corrected chi connectivity index (χ1v) is 12.4. The Kier molecular flexibility index (Phi) is 5.34. The summed E-state index contributed by atoms with van der Waals surface area (Å²) in [5.41, 5.74) is 1.19. The monoisotopic (exact) mass is 483 g/mol. The highest BCUT2D eigenvalue weighted by Gasteiger charge is 2.53. The second-order valence-corrected chi connectivity index (χ2v) is 11.1. The lowest BCUT2D eigenvalue weighted by Gasteiger charge is -2.42. The third kappa shape index (κ3) is 4.18. The number of para-hydroxylation sites is 2. The Morgan fingerprint density at radius 2 is 1.71 bits per heavy atom. The van der Waals surface area contributed by atoms with Crippen molar-refractivity contribution in [2.24, 2.45) is 17.3 Å². The highest BCUT2D eigenvalue weighted by molar-refractivity contribution is 5.78. The molecular formula is C26H31F2N5O2. The number of aryl methyl sites for hydroxylation is 1. The van der Waals surface area contributed by atoms with Gasteiger partial charge in [-0.25, -0.2) is 23.7 Å². The maximum atomic E-state index is 13.8. The summed E-state index contributed by atoms with van der Waals surface area (Å²) in [6, 6.07) is 9.13. The number of benzene rings is 1. The molecular weight excluding hydrogens is 452 g/mol. The summed E-state index contributed by atoms with van der Waals surface area (Å²) in [5, 5.41) is 3.56. The van der Waals surface area contributed by atoms with E-state index in [1.807, 2.05) is 6.07 Å². The molecule has 1 N–H and O–H groups in total. The molecule has 7 nitrogen and oxygen atoms in total. The molecule has 3 heterocycles. The number of hydrogen-bond acceptors (Lipinski definition) is 6. The van der Waals surface area contributed by atoms with Crippen molar-refractivity contribution in [3.63, 3.8) is 0 Å². The topological polar surface area (TPSA) is 74.1 Å². The Balaban J connectivity index is 1.20. The summed E-state index contributed by atoms with van der Waals surface area (Å²) < 4.78 is 41.6. The fourth-order valence-corrected chi connectivity index (χ4v) is 6.07. The molecule has 1 aliphatic heterocycles. The standard InChI is InChI=1S/C26H31F2N5O2/c1-15-29-21(10-22(30-15)33-20-7-5-4-6-19(20)32-24(33)23(27)28)31-18-8-16-11-26(12-17(16)9-18)34-13-25(2,3)14-35-26/h4-7,10,16-18,23H,8-9,11-14H2,1-3H3,(H,29,30,31)/t16-,17+,18?. The zero-order valence-electron chi connectivity index (χ0n) is 20.3. The van der Waals surface area contributed by atoms with Crippen molar-refractivity contribution in [3.8, 4) is 5.82 Å². The van der Waals surface area contributed by atoms with Gasteiger partial charge in [0.2, 0.25) is 0 Å². The van der Waals surface area contributed by atoms with E-state index in [0.29, 0.717) is 40.3 Å². The summed E-state index contributed by atoms with van der Waals surface area (Å²) in [5.74, 6) is 1.92. The van der Waals surface area contributed by atoms with E-state index in [0.717, 1.165) is 38.9 Å². The van der Waals surface area contributed by atoms with E-state index in [1.165, 1.54) is 4.57 Å². The van der Waals surface area contributed by atoms with Crippen LogP contribution < -0.4 is 5.32 Å². The molecule has 6 rings (SSSR count). The van der Waals surface area contributed by atoms with Crippen LogP contribution in [0.15, 0.2) is 30.3 Å². The number of fused-ring (bicyclic) bond motifs is 2. The maximum Gasteiger partial charge on any atom is 0.296 e. The molecule has 3 fully saturated rings. The molecule has 2 aromatic heterocycles. The number of ether oxygens (including phenoxy) is 2. The van der Waals surface area contributed by atoms with Crippen molar-refractivity contribution in [1.82, 2.24) is 19.5 Å². The van der Waals surface area contributed by atoms with Crippen LogP contribution in [-0.2, 0) is 9.47 Å². The SMILES string of the molecule is Cc1nc(NC2C[C@@H]3CC4(C[C@@H]3C2)OCC(C)(C)CO4)cc(-n2c(C(F)F)nc3ccccc32)n1. The fourth-order valence-electron chi connectivity index (χ4n) is 6.07. The van der Waals surface area contributed by atoms with Crippen LogP contribution in [-0.4, -0.2) is 44.6 Å². The minimum atomic E-state index is -2.72. The summed E-state index contributed by atoms with van der Waals surface area (Å²) in [6.45, 7) is 7.60. The molecule has 3 aliphatic rings. The van der Waals surface area contributed by atoms with E-state index in [4.69, 9.17) is 9.47 Å². The first-order chi connectivity index (χ1) is 16.7. The van der Waals surface area contributed by atoms with Gasteiger partial charge in [-0.3, -0.25) is 4.57 Å². The highest BCUT2D eigenvalue weighted by atomic mass is 19.3. The minimum Gasteiger partial charge on any atom is -0.367 e. The van der Waals surface area contributed by atoms with E-state index in [-0.39, 0.29) is 17.3 Å². The zero-order valence-corrected chi connectivity index (χ0v) is 20.3. The molecule has 0 bridgehead atoms. The molecule has 0 radical (unpaired) electrons. The summed E-state index contributed by atoms with van der Waals surface area (Å²) in [4.78, 5) is 13.2. The van der Waals surface area contributed by atoms with Gasteiger partial charge in [0.25, 0.3) is 6.43 Å². The number of imidazole rings is 1. The van der Waals surface area contributed by atoms with Crippen LogP contribution in [0.2, 0.25) is 0 Å². The molecule has 2 aliphatic carbocycles. The molecule has 0 amide bonds. The molecule has 2 saturated carbocycles. The Labute approximate surface area is 203 Å². The van der Waals surface area contributed by atoms with Gasteiger partial charge in [0.1, 0.15) is 17.5 Å². The van der Waals surface area contributed by atoms with Crippen molar-refractivity contribution >= 4 is 16.9 Å². The lowest BCUT2D eigenvalue weighted by atomic mass is 9.94. The predicted octanol–water partition coefficient (Wildman–Crippen LogP) is 5.43. The van der Waals surface area contributed by atoms with E-state index in [9.17, 15) is 8.78 Å². The van der Waals surface area contributed by atoms with Crippen LogP contribution >= 0.6 is 0 Å². The predicted molar refractivity (Wildman–Crippen MR) is 128 cm³/mol. The average Bonchev–Trinajstić information content (AvgIpc) is 3.45. The summed E-state index contributed by atoms with van der Waals surface area (Å²) in [6.07, 6.45) is 1.16. The third-order valence-corrected chi connectivity index (χ3v) is 7.63. The molecule has 1 saturated heterocycles. The molecule has 186 valence electrons. The van der Waals surface area contributed by atoms with Crippen LogP contribution in [0.1, 0.15) is 57.6 Å². The maximum absolute atomic E-state index is 13.8. The number of nitrogens with zero attached hydrogens (tertiary/aromatic N) is 4. The van der Waals surface area contributed by atoms with Crippen LogP contribution in [0.25, 0.3) is 16.9 Å². The lowest BCUT2D eigenvalue weighted by molar-refractivity contribution is -0.297. The van der Waals surface area contributed by atoms with E-state index in [1.54, 1.807) is 31.2 Å². The number of alkyl halides is 2. The Bertz CT molecular complexity index is 1230. The van der Waals surface area contributed by atoms with Gasteiger partial charge in [0, 0.05) is 30.4 Å². The molecule has 1 unspecified atom stereocenters. The molecule has 1 aromatic carbocycles. The lowest BCUT2D eigenvalue weighted by Crippen LogP contribution is -2.46. The van der Waals surface area contributed by atoms with Crippen LogP contribution in [0, 0.1) is 24.2 Å². The molecule has 35 heavy (non-hydrogen) atoms. The van der Waals surface area contributed by atoms with Crippen molar-refractivity contribution < 1.29 is 18.3 Å². The van der Waals surface area contributed by atoms with E-state index < -0.39 is 12.2 Å². The summed E-state index contributed by atoms with van der Waals surface area (Å²) >= 11 is 0. The van der Waals surface area contributed by atoms with Gasteiger partial charge in [-0.1, -0.05) is 26.0 Å². The second-order valence-electron chi connectivity index (χ2n) is 11.1. The first-order valence-electron chi connectivity index (χ1n) is 12.4. The Morgan fingerprint density at radius 1 is 1.03 bits per heavy atom. The molecule has 3 aromatic rings. The van der Waals surface area contributed by atoms with Gasteiger partial charge >= 0.3 is 0 Å².